The van der Waals surface area contributed by atoms with Crippen molar-refractivity contribution < 1.29 is 27.6 Å². The summed E-state index contributed by atoms with van der Waals surface area (Å²) in [4.78, 5) is 13.4. The number of sulfonamides is 1. The van der Waals surface area contributed by atoms with Crippen LogP contribution in [0.1, 0.15) is 16.8 Å². The van der Waals surface area contributed by atoms with Crippen LogP contribution < -0.4 is 19.7 Å². The SMILES string of the molecule is COc1ccc(C(=O)NCCS(=O)(=O)NCCC[NH+]2CCOCC2)cc1. The fraction of sp³-hybridized carbons (Fsp3) is 0.588. The summed E-state index contributed by atoms with van der Waals surface area (Å²) < 4.78 is 36.9. The van der Waals surface area contributed by atoms with Gasteiger partial charge in [-0.3, -0.25) is 4.79 Å². The Labute approximate surface area is 154 Å². The van der Waals surface area contributed by atoms with Gasteiger partial charge >= 0.3 is 0 Å². The normalized spacial score (nSPS) is 15.6. The Kier molecular flexibility index (Phi) is 8.30. The summed E-state index contributed by atoms with van der Waals surface area (Å²) in [7, 11) is -1.84. The lowest BCUT2D eigenvalue weighted by molar-refractivity contribution is -0.908. The van der Waals surface area contributed by atoms with E-state index in [2.05, 4.69) is 10.0 Å². The number of morpholine rings is 1. The van der Waals surface area contributed by atoms with E-state index in [1.807, 2.05) is 0 Å². The van der Waals surface area contributed by atoms with E-state index in [1.54, 1.807) is 31.4 Å². The molecule has 1 aromatic carbocycles. The third-order valence-electron chi connectivity index (χ3n) is 4.24. The van der Waals surface area contributed by atoms with Gasteiger partial charge in [-0.15, -0.1) is 0 Å². The molecule has 0 radical (unpaired) electrons. The topological polar surface area (TPSA) is 98.2 Å². The van der Waals surface area contributed by atoms with Crippen LogP contribution in [0.2, 0.25) is 0 Å². The van der Waals surface area contributed by atoms with Crippen LogP contribution in [0.15, 0.2) is 24.3 Å². The van der Waals surface area contributed by atoms with Gasteiger partial charge < -0.3 is 19.7 Å². The van der Waals surface area contributed by atoms with Gasteiger partial charge in [0.1, 0.15) is 18.8 Å². The summed E-state index contributed by atoms with van der Waals surface area (Å²) in [6.07, 6.45) is 0.784. The highest BCUT2D eigenvalue weighted by Gasteiger charge is 2.15. The Morgan fingerprint density at radius 3 is 2.54 bits per heavy atom. The summed E-state index contributed by atoms with van der Waals surface area (Å²) in [5, 5.41) is 2.62. The Balaban J connectivity index is 1.62. The van der Waals surface area contributed by atoms with E-state index >= 15 is 0 Å². The highest BCUT2D eigenvalue weighted by atomic mass is 32.2. The van der Waals surface area contributed by atoms with Crippen LogP contribution in [-0.4, -0.2) is 73.1 Å². The lowest BCUT2D eigenvalue weighted by Crippen LogP contribution is -3.14. The number of carbonyl (C=O) groups is 1. The first-order chi connectivity index (χ1) is 12.5. The molecule has 1 aromatic rings. The Morgan fingerprint density at radius 1 is 1.19 bits per heavy atom. The molecule has 8 nitrogen and oxygen atoms in total. The minimum atomic E-state index is -3.39. The zero-order valence-electron chi connectivity index (χ0n) is 15.1. The predicted octanol–water partition coefficient (Wildman–Crippen LogP) is -1.35. The van der Waals surface area contributed by atoms with E-state index in [9.17, 15) is 13.2 Å². The molecule has 0 spiro atoms. The van der Waals surface area contributed by atoms with Crippen molar-refractivity contribution in [2.24, 2.45) is 0 Å². The Hall–Kier alpha value is -1.68. The fourth-order valence-electron chi connectivity index (χ4n) is 2.69. The first kappa shape index (κ1) is 20.6. The molecule has 146 valence electrons. The maximum absolute atomic E-state index is 12.0. The number of quaternary nitrogens is 1. The fourth-order valence-corrected chi connectivity index (χ4v) is 3.66. The van der Waals surface area contributed by atoms with E-state index in [-0.39, 0.29) is 18.2 Å². The van der Waals surface area contributed by atoms with Gasteiger partial charge in [-0.2, -0.15) is 0 Å². The smallest absolute Gasteiger partial charge is 0.251 e. The number of nitrogens with one attached hydrogen (secondary N) is 3. The average Bonchev–Trinajstić information content (AvgIpc) is 2.66. The molecule has 9 heteroatoms. The predicted molar refractivity (Wildman–Crippen MR) is 98.1 cm³/mol. The van der Waals surface area contributed by atoms with Crippen molar-refractivity contribution in [2.45, 2.75) is 6.42 Å². The van der Waals surface area contributed by atoms with Gasteiger partial charge in [-0.25, -0.2) is 13.1 Å². The number of hydrogen-bond acceptors (Lipinski definition) is 5. The van der Waals surface area contributed by atoms with Gasteiger partial charge in [0.15, 0.2) is 0 Å². The Morgan fingerprint density at radius 2 is 1.88 bits per heavy atom. The molecule has 0 bridgehead atoms. The monoisotopic (exact) mass is 386 g/mol. The highest BCUT2D eigenvalue weighted by molar-refractivity contribution is 7.89. The third-order valence-corrected chi connectivity index (χ3v) is 5.62. The summed E-state index contributed by atoms with van der Waals surface area (Å²) in [6, 6.07) is 6.64. The summed E-state index contributed by atoms with van der Waals surface area (Å²) >= 11 is 0. The van der Waals surface area contributed by atoms with Crippen molar-refractivity contribution >= 4 is 15.9 Å². The first-order valence-corrected chi connectivity index (χ1v) is 10.5. The average molecular weight is 386 g/mol. The first-order valence-electron chi connectivity index (χ1n) is 8.81. The molecule has 0 unspecified atom stereocenters. The van der Waals surface area contributed by atoms with Crippen molar-refractivity contribution in [3.8, 4) is 5.75 Å². The van der Waals surface area contributed by atoms with Gasteiger partial charge in [0, 0.05) is 25.1 Å². The zero-order chi connectivity index (χ0) is 18.8. The number of ether oxygens (including phenoxy) is 2. The number of benzene rings is 1. The lowest BCUT2D eigenvalue weighted by atomic mass is 10.2. The number of carbonyl (C=O) groups excluding carboxylic acids is 1. The maximum Gasteiger partial charge on any atom is 0.251 e. The van der Waals surface area contributed by atoms with Gasteiger partial charge in [0.05, 0.1) is 32.6 Å². The molecule has 1 amide bonds. The number of rotatable bonds is 10. The van der Waals surface area contributed by atoms with Crippen LogP contribution in [0.5, 0.6) is 5.75 Å². The van der Waals surface area contributed by atoms with E-state index in [0.29, 0.717) is 17.9 Å². The largest absolute Gasteiger partial charge is 0.497 e. The second-order valence-electron chi connectivity index (χ2n) is 6.16. The molecule has 0 aromatic heterocycles. The van der Waals surface area contributed by atoms with E-state index < -0.39 is 10.0 Å². The summed E-state index contributed by atoms with van der Waals surface area (Å²) in [6.45, 7) is 4.91. The molecule has 1 heterocycles. The second kappa shape index (κ2) is 10.5. The van der Waals surface area contributed by atoms with Crippen molar-refractivity contribution in [1.29, 1.82) is 0 Å². The van der Waals surface area contributed by atoms with Gasteiger partial charge in [0.25, 0.3) is 5.91 Å². The van der Waals surface area contributed by atoms with E-state index in [0.717, 1.165) is 39.3 Å². The number of hydrogen-bond donors (Lipinski definition) is 3. The van der Waals surface area contributed by atoms with Crippen LogP contribution in [0.25, 0.3) is 0 Å². The molecule has 2 rings (SSSR count). The molecule has 1 fully saturated rings. The van der Waals surface area contributed by atoms with Crippen molar-refractivity contribution in [3.05, 3.63) is 29.8 Å². The highest BCUT2D eigenvalue weighted by Crippen LogP contribution is 2.10. The molecule has 1 aliphatic rings. The van der Waals surface area contributed by atoms with Crippen LogP contribution in [0, 0.1) is 0 Å². The molecule has 0 atom stereocenters. The third kappa shape index (κ3) is 7.28. The van der Waals surface area contributed by atoms with Crippen LogP contribution in [0.4, 0.5) is 0 Å². The van der Waals surface area contributed by atoms with Crippen molar-refractivity contribution in [3.63, 3.8) is 0 Å². The number of amides is 1. The molecular weight excluding hydrogens is 358 g/mol. The van der Waals surface area contributed by atoms with E-state index in [4.69, 9.17) is 9.47 Å². The summed E-state index contributed by atoms with van der Waals surface area (Å²) in [5.41, 5.74) is 0.463. The molecular formula is C17H28N3O5S+. The van der Waals surface area contributed by atoms with E-state index in [1.165, 1.54) is 4.90 Å². The molecule has 1 saturated heterocycles. The Bertz CT molecular complexity index is 657. The molecule has 3 N–H and O–H groups in total. The van der Waals surface area contributed by atoms with Crippen molar-refractivity contribution in [1.82, 2.24) is 10.0 Å². The van der Waals surface area contributed by atoms with Crippen LogP contribution in [0.3, 0.4) is 0 Å². The minimum Gasteiger partial charge on any atom is -0.497 e. The second-order valence-corrected chi connectivity index (χ2v) is 8.09. The maximum atomic E-state index is 12.0. The number of methoxy groups -OCH3 is 1. The summed E-state index contributed by atoms with van der Waals surface area (Å²) in [5.74, 6) is 0.213. The van der Waals surface area contributed by atoms with Gasteiger partial charge in [-0.05, 0) is 24.3 Å². The van der Waals surface area contributed by atoms with Gasteiger partial charge in [-0.1, -0.05) is 0 Å². The van der Waals surface area contributed by atoms with Crippen LogP contribution >= 0.6 is 0 Å². The standard InChI is InChI=1S/C17H27N3O5S/c1-24-16-5-3-15(4-6-16)17(21)18-8-14-26(22,23)19-7-2-9-20-10-12-25-13-11-20/h3-6,19H,2,7-14H2,1H3,(H,18,21)/p+1. The molecule has 26 heavy (non-hydrogen) atoms. The lowest BCUT2D eigenvalue weighted by Gasteiger charge is -2.23. The van der Waals surface area contributed by atoms with Crippen molar-refractivity contribution in [2.75, 3.05) is 58.8 Å². The van der Waals surface area contributed by atoms with Crippen LogP contribution in [-0.2, 0) is 14.8 Å². The zero-order valence-corrected chi connectivity index (χ0v) is 15.9. The van der Waals surface area contributed by atoms with Gasteiger partial charge in [0.2, 0.25) is 10.0 Å². The minimum absolute atomic E-state index is 0.0644. The molecule has 0 aliphatic carbocycles. The molecule has 0 saturated carbocycles. The quantitative estimate of drug-likeness (QED) is 0.432. The molecule has 1 aliphatic heterocycles.